The third kappa shape index (κ3) is 3.81. The highest BCUT2D eigenvalue weighted by atomic mass is 16.7. The van der Waals surface area contributed by atoms with Gasteiger partial charge in [-0.15, -0.1) is 0 Å². The average molecular weight is 373 g/mol. The Morgan fingerprint density at radius 1 is 0.704 bits per heavy atom. The standard InChI is InChI=1S/C16H11N3O8/c20-17(21)14-3-1-2-10(8-11-4-6-15(26-11)18(22)23)13(14)9-12-5-7-16(27-12)19(24)25/h1-7H,8-9H2. The number of nitrogens with zero attached hydrogens (tertiary/aromatic N) is 3. The highest BCUT2D eigenvalue weighted by Crippen LogP contribution is 2.29. The van der Waals surface area contributed by atoms with Crippen LogP contribution in [0.25, 0.3) is 0 Å². The van der Waals surface area contributed by atoms with Gasteiger partial charge in [0.2, 0.25) is 0 Å². The number of benzene rings is 1. The van der Waals surface area contributed by atoms with E-state index in [1.165, 1.54) is 36.4 Å². The molecule has 3 rings (SSSR count). The van der Waals surface area contributed by atoms with Crippen LogP contribution in [0.5, 0.6) is 0 Å². The van der Waals surface area contributed by atoms with Crippen molar-refractivity contribution in [1.82, 2.24) is 0 Å². The maximum Gasteiger partial charge on any atom is 0.433 e. The van der Waals surface area contributed by atoms with Crippen molar-refractivity contribution >= 4 is 17.5 Å². The summed E-state index contributed by atoms with van der Waals surface area (Å²) < 4.78 is 10.2. The van der Waals surface area contributed by atoms with E-state index in [0.29, 0.717) is 5.56 Å². The van der Waals surface area contributed by atoms with Gasteiger partial charge in [0.15, 0.2) is 0 Å². The highest BCUT2D eigenvalue weighted by molar-refractivity contribution is 5.48. The molecule has 0 bridgehead atoms. The summed E-state index contributed by atoms with van der Waals surface area (Å²) in [5, 5.41) is 32.9. The molecule has 1 aromatic carbocycles. The minimum absolute atomic E-state index is 0.0525. The van der Waals surface area contributed by atoms with Gasteiger partial charge in [-0.1, -0.05) is 12.1 Å². The van der Waals surface area contributed by atoms with Crippen LogP contribution < -0.4 is 0 Å². The van der Waals surface area contributed by atoms with E-state index >= 15 is 0 Å². The molecule has 0 saturated heterocycles. The van der Waals surface area contributed by atoms with Gasteiger partial charge in [-0.25, -0.2) is 0 Å². The van der Waals surface area contributed by atoms with Crippen molar-refractivity contribution in [1.29, 1.82) is 0 Å². The molecule has 0 unspecified atom stereocenters. The van der Waals surface area contributed by atoms with E-state index in [1.54, 1.807) is 6.07 Å². The van der Waals surface area contributed by atoms with Crippen molar-refractivity contribution in [3.63, 3.8) is 0 Å². The Morgan fingerprint density at radius 3 is 1.74 bits per heavy atom. The molecule has 0 amide bonds. The number of rotatable bonds is 7. The topological polar surface area (TPSA) is 156 Å². The molecule has 0 aliphatic rings. The first-order chi connectivity index (χ1) is 12.8. The SMILES string of the molecule is O=[N+]([O-])c1ccc(Cc2cccc([N+](=O)[O-])c2Cc2ccc([N+](=O)[O-])o2)o1. The van der Waals surface area contributed by atoms with Gasteiger partial charge < -0.3 is 8.83 Å². The first-order valence-corrected chi connectivity index (χ1v) is 7.56. The lowest BCUT2D eigenvalue weighted by atomic mass is 9.98. The fraction of sp³-hybridized carbons (Fsp3) is 0.125. The predicted octanol–water partition coefficient (Wildman–Crippen LogP) is 3.78. The molecule has 0 radical (unpaired) electrons. The molecule has 0 atom stereocenters. The van der Waals surface area contributed by atoms with Crippen LogP contribution in [0, 0.1) is 30.3 Å². The number of hydrogen-bond donors (Lipinski definition) is 0. The summed E-state index contributed by atoms with van der Waals surface area (Å²) >= 11 is 0. The van der Waals surface area contributed by atoms with Crippen LogP contribution in [0.4, 0.5) is 17.5 Å². The van der Waals surface area contributed by atoms with Crippen LogP contribution in [0.1, 0.15) is 22.6 Å². The van der Waals surface area contributed by atoms with Gasteiger partial charge >= 0.3 is 11.8 Å². The van der Waals surface area contributed by atoms with E-state index in [0.717, 1.165) is 0 Å². The zero-order chi connectivity index (χ0) is 19.6. The van der Waals surface area contributed by atoms with Crippen LogP contribution in [0.15, 0.2) is 51.3 Å². The zero-order valence-corrected chi connectivity index (χ0v) is 13.6. The Bertz CT molecular complexity index is 1040. The number of nitro groups is 3. The summed E-state index contributed by atoms with van der Waals surface area (Å²) in [4.78, 5) is 30.9. The third-order valence-corrected chi connectivity index (χ3v) is 3.82. The zero-order valence-electron chi connectivity index (χ0n) is 13.6. The molecule has 27 heavy (non-hydrogen) atoms. The molecule has 0 saturated carbocycles. The van der Waals surface area contributed by atoms with E-state index in [-0.39, 0.29) is 35.6 Å². The maximum absolute atomic E-state index is 11.4. The number of nitro benzene ring substituents is 1. The molecule has 138 valence electrons. The first-order valence-electron chi connectivity index (χ1n) is 7.56. The van der Waals surface area contributed by atoms with Gasteiger partial charge in [0, 0.05) is 24.5 Å². The molecule has 3 aromatic rings. The maximum atomic E-state index is 11.4. The molecule has 0 spiro atoms. The molecule has 11 nitrogen and oxygen atoms in total. The van der Waals surface area contributed by atoms with Crippen molar-refractivity contribution in [3.05, 3.63) is 95.5 Å². The third-order valence-electron chi connectivity index (χ3n) is 3.82. The molecular formula is C16H11N3O8. The van der Waals surface area contributed by atoms with Gasteiger partial charge in [-0.2, -0.15) is 0 Å². The van der Waals surface area contributed by atoms with Crippen LogP contribution >= 0.6 is 0 Å². The Morgan fingerprint density at radius 2 is 1.26 bits per heavy atom. The monoisotopic (exact) mass is 373 g/mol. The van der Waals surface area contributed by atoms with Crippen molar-refractivity contribution in [2.45, 2.75) is 12.8 Å². The van der Waals surface area contributed by atoms with Gasteiger partial charge in [0.25, 0.3) is 5.69 Å². The quantitative estimate of drug-likeness (QED) is 0.447. The van der Waals surface area contributed by atoms with E-state index in [1.807, 2.05) is 0 Å². The average Bonchev–Trinajstić information content (AvgIpc) is 3.25. The van der Waals surface area contributed by atoms with Crippen molar-refractivity contribution in [3.8, 4) is 0 Å². The summed E-state index contributed by atoms with van der Waals surface area (Å²) in [6, 6.07) is 9.56. The van der Waals surface area contributed by atoms with E-state index in [4.69, 9.17) is 8.83 Å². The summed E-state index contributed by atoms with van der Waals surface area (Å²) in [6.45, 7) is 0. The Balaban J connectivity index is 1.97. The smallest absolute Gasteiger partial charge is 0.405 e. The van der Waals surface area contributed by atoms with Gasteiger partial charge in [0.1, 0.15) is 21.4 Å². The minimum Gasteiger partial charge on any atom is -0.405 e. The van der Waals surface area contributed by atoms with Gasteiger partial charge in [0.05, 0.1) is 17.1 Å². The van der Waals surface area contributed by atoms with Crippen LogP contribution in [-0.2, 0) is 12.8 Å². The van der Waals surface area contributed by atoms with Gasteiger partial charge in [-0.05, 0) is 17.7 Å². The molecule has 0 aliphatic heterocycles. The molecule has 2 aromatic heterocycles. The number of furan rings is 2. The number of hydrogen-bond acceptors (Lipinski definition) is 8. The van der Waals surface area contributed by atoms with Crippen molar-refractivity contribution in [2.24, 2.45) is 0 Å². The lowest BCUT2D eigenvalue weighted by molar-refractivity contribution is -0.402. The summed E-state index contributed by atoms with van der Waals surface area (Å²) in [5.74, 6) is -0.456. The molecule has 0 fully saturated rings. The molecular weight excluding hydrogens is 362 g/mol. The fourth-order valence-electron chi connectivity index (χ4n) is 2.64. The summed E-state index contributed by atoms with van der Waals surface area (Å²) in [6.07, 6.45) is 0.0246. The van der Waals surface area contributed by atoms with Gasteiger partial charge in [-0.3, -0.25) is 30.3 Å². The molecule has 2 heterocycles. The lowest BCUT2D eigenvalue weighted by Crippen LogP contribution is -2.02. The summed E-state index contributed by atoms with van der Waals surface area (Å²) in [5.41, 5.74) is 0.589. The molecule has 0 aliphatic carbocycles. The van der Waals surface area contributed by atoms with Crippen LogP contribution in [-0.4, -0.2) is 14.8 Å². The fourth-order valence-corrected chi connectivity index (χ4v) is 2.64. The Hall–Kier alpha value is -4.02. The molecule has 0 N–H and O–H groups in total. The Kier molecular flexibility index (Phi) is 4.66. The van der Waals surface area contributed by atoms with Crippen molar-refractivity contribution in [2.75, 3.05) is 0 Å². The summed E-state index contributed by atoms with van der Waals surface area (Å²) in [7, 11) is 0. The normalized spacial score (nSPS) is 10.7. The van der Waals surface area contributed by atoms with E-state index in [9.17, 15) is 30.3 Å². The second-order valence-corrected chi connectivity index (χ2v) is 5.52. The van der Waals surface area contributed by atoms with E-state index in [2.05, 4.69) is 0 Å². The largest absolute Gasteiger partial charge is 0.433 e. The minimum atomic E-state index is -0.703. The first kappa shape index (κ1) is 17.8. The van der Waals surface area contributed by atoms with E-state index < -0.39 is 26.5 Å². The second-order valence-electron chi connectivity index (χ2n) is 5.52. The predicted molar refractivity (Wildman–Crippen MR) is 89.4 cm³/mol. The van der Waals surface area contributed by atoms with Crippen molar-refractivity contribution < 1.29 is 23.6 Å². The van der Waals surface area contributed by atoms with Crippen LogP contribution in [0.2, 0.25) is 0 Å². The molecule has 11 heteroatoms. The lowest BCUT2D eigenvalue weighted by Gasteiger charge is -2.08. The highest BCUT2D eigenvalue weighted by Gasteiger charge is 2.22. The second kappa shape index (κ2) is 7.07. The Labute approximate surface area is 150 Å². The van der Waals surface area contributed by atoms with Crippen LogP contribution in [0.3, 0.4) is 0 Å².